The van der Waals surface area contributed by atoms with Crippen LogP contribution in [0.15, 0.2) is 36.3 Å². The van der Waals surface area contributed by atoms with E-state index in [-0.39, 0.29) is 24.1 Å². The summed E-state index contributed by atoms with van der Waals surface area (Å²) in [5, 5.41) is 2.60. The molecule has 7 heteroatoms. The minimum absolute atomic E-state index is 0.0584. The number of anilines is 1. The van der Waals surface area contributed by atoms with E-state index in [0.29, 0.717) is 17.9 Å². The highest BCUT2D eigenvalue weighted by molar-refractivity contribution is 6.01. The molecular weight excluding hydrogens is 302 g/mol. The SMILES string of the molecule is CC(=O)Nc1ccc(C(=O)C(C)OC(=O)C2=COCCO2)cc1. The van der Waals surface area contributed by atoms with Crippen LogP contribution in [-0.2, 0) is 23.8 Å². The number of ketones is 1. The van der Waals surface area contributed by atoms with E-state index in [4.69, 9.17) is 14.2 Å². The summed E-state index contributed by atoms with van der Waals surface area (Å²) in [6.07, 6.45) is 0.200. The molecule has 0 bridgehead atoms. The lowest BCUT2D eigenvalue weighted by Crippen LogP contribution is -2.27. The minimum Gasteiger partial charge on any atom is -0.493 e. The minimum atomic E-state index is -0.972. The van der Waals surface area contributed by atoms with E-state index in [2.05, 4.69) is 5.32 Å². The first-order valence-corrected chi connectivity index (χ1v) is 7.05. The summed E-state index contributed by atoms with van der Waals surface area (Å²) in [6, 6.07) is 6.31. The number of hydrogen-bond donors (Lipinski definition) is 1. The van der Waals surface area contributed by atoms with Crippen molar-refractivity contribution in [2.24, 2.45) is 0 Å². The molecule has 1 aliphatic heterocycles. The van der Waals surface area contributed by atoms with Crippen molar-refractivity contribution in [1.29, 1.82) is 0 Å². The monoisotopic (exact) mass is 319 g/mol. The Morgan fingerprint density at radius 1 is 1.17 bits per heavy atom. The second-order valence-corrected chi connectivity index (χ2v) is 4.87. The molecule has 1 unspecified atom stereocenters. The fraction of sp³-hybridized carbons (Fsp3) is 0.312. The van der Waals surface area contributed by atoms with Gasteiger partial charge in [-0.05, 0) is 31.2 Å². The number of amides is 1. The third-order valence-electron chi connectivity index (χ3n) is 2.99. The van der Waals surface area contributed by atoms with Gasteiger partial charge in [-0.15, -0.1) is 0 Å². The van der Waals surface area contributed by atoms with Gasteiger partial charge in [0.25, 0.3) is 0 Å². The Hall–Kier alpha value is -2.83. The summed E-state index contributed by atoms with van der Waals surface area (Å²) in [5.41, 5.74) is 0.950. The molecule has 0 radical (unpaired) electrons. The predicted molar refractivity (Wildman–Crippen MR) is 80.6 cm³/mol. The van der Waals surface area contributed by atoms with E-state index >= 15 is 0 Å². The lowest BCUT2D eigenvalue weighted by molar-refractivity contribution is -0.147. The first-order valence-electron chi connectivity index (χ1n) is 7.05. The van der Waals surface area contributed by atoms with Gasteiger partial charge in [-0.25, -0.2) is 4.79 Å². The smallest absolute Gasteiger partial charge is 0.377 e. The molecule has 0 spiro atoms. The van der Waals surface area contributed by atoms with Crippen molar-refractivity contribution in [3.8, 4) is 0 Å². The highest BCUT2D eigenvalue weighted by Crippen LogP contribution is 2.14. The van der Waals surface area contributed by atoms with Gasteiger partial charge < -0.3 is 19.5 Å². The Morgan fingerprint density at radius 3 is 2.43 bits per heavy atom. The molecule has 2 rings (SSSR count). The molecule has 1 atom stereocenters. The van der Waals surface area contributed by atoms with Crippen molar-refractivity contribution in [3.63, 3.8) is 0 Å². The van der Waals surface area contributed by atoms with E-state index in [1.807, 2.05) is 0 Å². The number of ether oxygens (including phenoxy) is 3. The van der Waals surface area contributed by atoms with Crippen LogP contribution in [0.25, 0.3) is 0 Å². The number of esters is 1. The maximum Gasteiger partial charge on any atom is 0.377 e. The molecule has 1 heterocycles. The summed E-state index contributed by atoms with van der Waals surface area (Å²) >= 11 is 0. The summed E-state index contributed by atoms with van der Waals surface area (Å²) < 4.78 is 15.1. The summed E-state index contributed by atoms with van der Waals surface area (Å²) in [7, 11) is 0. The van der Waals surface area contributed by atoms with Crippen molar-refractivity contribution in [2.75, 3.05) is 18.5 Å². The summed E-state index contributed by atoms with van der Waals surface area (Å²) in [6.45, 7) is 3.50. The van der Waals surface area contributed by atoms with Gasteiger partial charge in [-0.2, -0.15) is 0 Å². The lowest BCUT2D eigenvalue weighted by Gasteiger charge is -2.17. The van der Waals surface area contributed by atoms with Gasteiger partial charge >= 0.3 is 5.97 Å². The third-order valence-corrected chi connectivity index (χ3v) is 2.99. The standard InChI is InChI=1S/C16H17NO6/c1-10(23-16(20)14-9-21-7-8-22-14)15(19)12-3-5-13(6-4-12)17-11(2)18/h3-6,9-10H,7-8H2,1-2H3,(H,17,18). The maximum atomic E-state index is 12.2. The Balaban J connectivity index is 1.97. The molecule has 1 amide bonds. The molecule has 23 heavy (non-hydrogen) atoms. The number of carbonyl (C=O) groups excluding carboxylic acids is 3. The third kappa shape index (κ3) is 4.57. The van der Waals surface area contributed by atoms with Crippen molar-refractivity contribution in [1.82, 2.24) is 0 Å². The fourth-order valence-electron chi connectivity index (χ4n) is 1.90. The number of nitrogens with one attached hydrogen (secondary N) is 1. The number of Topliss-reactive ketones (excluding diaryl/α,β-unsaturated/α-hetero) is 1. The fourth-order valence-corrected chi connectivity index (χ4v) is 1.90. The van der Waals surface area contributed by atoms with E-state index < -0.39 is 12.1 Å². The molecule has 0 saturated heterocycles. The predicted octanol–water partition coefficient (Wildman–Crippen LogP) is 1.65. The van der Waals surface area contributed by atoms with Crippen LogP contribution in [0.4, 0.5) is 5.69 Å². The Labute approximate surface area is 133 Å². The first kappa shape index (κ1) is 16.5. The quantitative estimate of drug-likeness (QED) is 0.655. The van der Waals surface area contributed by atoms with Crippen molar-refractivity contribution >= 4 is 23.3 Å². The van der Waals surface area contributed by atoms with Crippen LogP contribution in [0.5, 0.6) is 0 Å². The van der Waals surface area contributed by atoms with Gasteiger partial charge in [-0.3, -0.25) is 9.59 Å². The van der Waals surface area contributed by atoms with Crippen LogP contribution >= 0.6 is 0 Å². The highest BCUT2D eigenvalue weighted by atomic mass is 16.6. The maximum absolute atomic E-state index is 12.2. The van der Waals surface area contributed by atoms with Gasteiger partial charge in [0.1, 0.15) is 19.5 Å². The topological polar surface area (TPSA) is 90.9 Å². The average Bonchev–Trinajstić information content (AvgIpc) is 2.55. The molecule has 0 aromatic heterocycles. The van der Waals surface area contributed by atoms with Crippen molar-refractivity contribution in [3.05, 3.63) is 41.9 Å². The highest BCUT2D eigenvalue weighted by Gasteiger charge is 2.24. The summed E-state index contributed by atoms with van der Waals surface area (Å²) in [5.74, 6) is -1.36. The molecule has 122 valence electrons. The molecule has 7 nitrogen and oxygen atoms in total. The molecule has 0 aliphatic carbocycles. The van der Waals surface area contributed by atoms with Gasteiger partial charge in [0.05, 0.1) is 0 Å². The zero-order valence-electron chi connectivity index (χ0n) is 12.8. The number of benzene rings is 1. The van der Waals surface area contributed by atoms with Crippen LogP contribution in [0, 0.1) is 0 Å². The molecular formula is C16H17NO6. The van der Waals surface area contributed by atoms with Crippen LogP contribution < -0.4 is 5.32 Å². The van der Waals surface area contributed by atoms with E-state index in [9.17, 15) is 14.4 Å². The van der Waals surface area contributed by atoms with Crippen molar-refractivity contribution < 1.29 is 28.6 Å². The van der Waals surface area contributed by atoms with Gasteiger partial charge in [-0.1, -0.05) is 0 Å². The molecule has 1 aromatic carbocycles. The number of hydrogen-bond acceptors (Lipinski definition) is 6. The molecule has 1 N–H and O–H groups in total. The second-order valence-electron chi connectivity index (χ2n) is 4.87. The Morgan fingerprint density at radius 2 is 1.87 bits per heavy atom. The molecule has 1 aromatic rings. The largest absolute Gasteiger partial charge is 0.493 e. The first-order chi connectivity index (χ1) is 11.0. The molecule has 0 fully saturated rings. The average molecular weight is 319 g/mol. The van der Waals surface area contributed by atoms with Gasteiger partial charge in [0.15, 0.2) is 6.10 Å². The van der Waals surface area contributed by atoms with E-state index in [1.54, 1.807) is 24.3 Å². The number of carbonyl (C=O) groups is 3. The second kappa shape index (κ2) is 7.44. The summed E-state index contributed by atoms with van der Waals surface area (Å²) in [4.78, 5) is 35.0. The normalized spacial score (nSPS) is 14.6. The van der Waals surface area contributed by atoms with E-state index in [0.717, 1.165) is 0 Å². The van der Waals surface area contributed by atoms with Gasteiger partial charge in [0, 0.05) is 18.2 Å². The lowest BCUT2D eigenvalue weighted by atomic mass is 10.1. The van der Waals surface area contributed by atoms with Crippen LogP contribution in [-0.4, -0.2) is 37.0 Å². The molecule has 1 aliphatic rings. The zero-order chi connectivity index (χ0) is 16.8. The van der Waals surface area contributed by atoms with Crippen LogP contribution in [0.1, 0.15) is 24.2 Å². The van der Waals surface area contributed by atoms with E-state index in [1.165, 1.54) is 20.1 Å². The van der Waals surface area contributed by atoms with Gasteiger partial charge in [0.2, 0.25) is 17.4 Å². The molecule has 0 saturated carbocycles. The Bertz CT molecular complexity index is 634. The van der Waals surface area contributed by atoms with Crippen LogP contribution in [0.3, 0.4) is 0 Å². The van der Waals surface area contributed by atoms with Crippen LogP contribution in [0.2, 0.25) is 0 Å². The number of rotatable bonds is 5. The Kier molecular flexibility index (Phi) is 5.35. The van der Waals surface area contributed by atoms with Crippen molar-refractivity contribution in [2.45, 2.75) is 20.0 Å². The zero-order valence-corrected chi connectivity index (χ0v) is 12.8.